The van der Waals surface area contributed by atoms with Crippen molar-refractivity contribution in [3.63, 3.8) is 0 Å². The van der Waals surface area contributed by atoms with Crippen molar-refractivity contribution < 1.29 is 19.4 Å². The lowest BCUT2D eigenvalue weighted by atomic mass is 9.89. The number of halogens is 2. The lowest BCUT2D eigenvalue weighted by molar-refractivity contribution is -0.124. The third kappa shape index (κ3) is 2.34. The van der Waals surface area contributed by atoms with Gasteiger partial charge in [0, 0.05) is 21.5 Å². The van der Waals surface area contributed by atoms with Gasteiger partial charge in [-0.05, 0) is 0 Å². The van der Waals surface area contributed by atoms with Gasteiger partial charge in [0.25, 0.3) is 0 Å². The fourth-order valence-corrected chi connectivity index (χ4v) is 3.16. The molecular weight excluding hydrogens is 368 g/mol. The van der Waals surface area contributed by atoms with Crippen molar-refractivity contribution in [3.05, 3.63) is 33.5 Å². The van der Waals surface area contributed by atoms with Gasteiger partial charge in [0.1, 0.15) is 17.8 Å². The van der Waals surface area contributed by atoms with Crippen molar-refractivity contribution in [1.82, 2.24) is 0 Å². The Bertz CT molecular complexity index is 455. The predicted molar refractivity (Wildman–Crippen MR) is 73.4 cm³/mol. The third-order valence-corrected chi connectivity index (χ3v) is 5.39. The zero-order chi connectivity index (χ0) is 13.3. The van der Waals surface area contributed by atoms with E-state index in [9.17, 15) is 9.90 Å². The van der Waals surface area contributed by atoms with E-state index < -0.39 is 11.7 Å². The van der Waals surface area contributed by atoms with Crippen LogP contribution < -0.4 is 0 Å². The number of hydrogen-bond acceptors (Lipinski definition) is 4. The van der Waals surface area contributed by atoms with Gasteiger partial charge in [-0.25, -0.2) is 0 Å². The molecule has 0 unspecified atom stereocenters. The monoisotopic (exact) mass is 378 g/mol. The first-order valence-electron chi connectivity index (χ1n) is 5.33. The molecule has 0 amide bonds. The van der Waals surface area contributed by atoms with Crippen molar-refractivity contribution >= 4 is 37.6 Å². The third-order valence-electron chi connectivity index (χ3n) is 2.90. The maximum atomic E-state index is 11.7. The highest BCUT2D eigenvalue weighted by molar-refractivity contribution is 9.14. The van der Waals surface area contributed by atoms with Gasteiger partial charge in [-0.15, -0.1) is 0 Å². The summed E-state index contributed by atoms with van der Waals surface area (Å²) in [5.41, 5.74) is -1.38. The van der Waals surface area contributed by atoms with Gasteiger partial charge >= 0.3 is 0 Å². The molecule has 0 spiro atoms. The molecule has 0 aliphatic carbocycles. The van der Waals surface area contributed by atoms with Crippen molar-refractivity contribution in [2.24, 2.45) is 0 Å². The molecule has 2 rings (SSSR count). The molecule has 0 aromatic rings. The minimum Gasteiger partial charge on any atom is -0.504 e. The van der Waals surface area contributed by atoms with E-state index in [1.807, 2.05) is 6.08 Å². The molecular formula is C12H12Br2O4. The maximum absolute atomic E-state index is 11.7. The highest BCUT2D eigenvalue weighted by Gasteiger charge is 2.49. The molecule has 0 aromatic carbocycles. The number of hydrogen-bond donors (Lipinski definition) is 1. The molecule has 18 heavy (non-hydrogen) atoms. The summed E-state index contributed by atoms with van der Waals surface area (Å²) in [7, 11) is 1.46. The van der Waals surface area contributed by atoms with E-state index >= 15 is 0 Å². The fraction of sp³-hybridized carbons (Fsp3) is 0.417. The van der Waals surface area contributed by atoms with Crippen LogP contribution >= 0.6 is 31.9 Å². The standard InChI is InChI=1S/C12H12Br2O4/c1-17-5-4-7(15)6-12(16)9-3-2-8(18-9)10(13)11(12)14/h2-5,8-9,16H,6H2,1H3/b5-4+/t8-,9+,12-/m1/s1. The summed E-state index contributed by atoms with van der Waals surface area (Å²) in [6.07, 6.45) is 5.42. The van der Waals surface area contributed by atoms with Crippen LogP contribution in [0.2, 0.25) is 0 Å². The average molecular weight is 380 g/mol. The van der Waals surface area contributed by atoms with E-state index in [-0.39, 0.29) is 18.3 Å². The zero-order valence-electron chi connectivity index (χ0n) is 9.60. The Morgan fingerprint density at radius 1 is 1.61 bits per heavy atom. The van der Waals surface area contributed by atoms with Crippen LogP contribution in [0.25, 0.3) is 0 Å². The summed E-state index contributed by atoms with van der Waals surface area (Å²) in [5.74, 6) is -0.237. The number of fused-ring (bicyclic) bond motifs is 2. The molecule has 0 aromatic heterocycles. The summed E-state index contributed by atoms with van der Waals surface area (Å²) in [4.78, 5) is 11.7. The Labute approximate surface area is 122 Å². The highest BCUT2D eigenvalue weighted by atomic mass is 79.9. The number of rotatable bonds is 4. The van der Waals surface area contributed by atoms with Gasteiger partial charge in [-0.3, -0.25) is 4.79 Å². The number of aliphatic hydroxyl groups is 1. The van der Waals surface area contributed by atoms with E-state index in [0.717, 1.165) is 0 Å². The summed E-state index contributed by atoms with van der Waals surface area (Å²) in [5, 5.41) is 10.7. The van der Waals surface area contributed by atoms with Crippen LogP contribution in [-0.4, -0.2) is 35.8 Å². The average Bonchev–Trinajstić information content (AvgIpc) is 2.80. The first-order valence-corrected chi connectivity index (χ1v) is 6.91. The van der Waals surface area contributed by atoms with Gasteiger partial charge in [-0.1, -0.05) is 44.0 Å². The molecule has 4 nitrogen and oxygen atoms in total. The normalized spacial score (nSPS) is 34.4. The van der Waals surface area contributed by atoms with Gasteiger partial charge in [0.2, 0.25) is 0 Å². The minimum atomic E-state index is -1.38. The second-order valence-electron chi connectivity index (χ2n) is 4.13. The SMILES string of the molecule is CO/C=C/C(=O)C[C@]1(O)C(Br)=C(Br)[C@H]2C=C[C@@H]1O2. The number of carbonyl (C=O) groups is 1. The van der Waals surface area contributed by atoms with Gasteiger partial charge < -0.3 is 14.6 Å². The number of carbonyl (C=O) groups excluding carboxylic acids is 1. The van der Waals surface area contributed by atoms with E-state index in [4.69, 9.17) is 4.74 Å². The Balaban J connectivity index is 2.24. The fourth-order valence-electron chi connectivity index (χ4n) is 1.97. The van der Waals surface area contributed by atoms with Crippen LogP contribution in [0.4, 0.5) is 0 Å². The van der Waals surface area contributed by atoms with Crippen molar-refractivity contribution in [1.29, 1.82) is 0 Å². The van der Waals surface area contributed by atoms with Crippen molar-refractivity contribution in [3.8, 4) is 0 Å². The lowest BCUT2D eigenvalue weighted by Crippen LogP contribution is -2.47. The highest BCUT2D eigenvalue weighted by Crippen LogP contribution is 2.46. The Kier molecular flexibility index (Phi) is 4.11. The number of ether oxygens (including phenoxy) is 2. The van der Waals surface area contributed by atoms with Crippen LogP contribution in [-0.2, 0) is 14.3 Å². The van der Waals surface area contributed by atoms with Crippen LogP contribution in [0, 0.1) is 0 Å². The molecule has 98 valence electrons. The molecule has 2 aliphatic rings. The predicted octanol–water partition coefficient (Wildman–Crippen LogP) is 2.18. The van der Waals surface area contributed by atoms with Gasteiger partial charge in [0.05, 0.1) is 13.4 Å². The van der Waals surface area contributed by atoms with E-state index in [0.29, 0.717) is 8.96 Å². The molecule has 3 atom stereocenters. The van der Waals surface area contributed by atoms with Gasteiger partial charge in [-0.2, -0.15) is 0 Å². The summed E-state index contributed by atoms with van der Waals surface area (Å²) in [6.45, 7) is 0. The van der Waals surface area contributed by atoms with Crippen LogP contribution in [0.15, 0.2) is 33.5 Å². The topological polar surface area (TPSA) is 55.8 Å². The molecule has 0 saturated carbocycles. The first-order chi connectivity index (χ1) is 8.49. The Morgan fingerprint density at radius 3 is 3.00 bits per heavy atom. The number of ketones is 1. The van der Waals surface area contributed by atoms with E-state index in [2.05, 4.69) is 36.6 Å². The van der Waals surface area contributed by atoms with Crippen LogP contribution in [0.5, 0.6) is 0 Å². The zero-order valence-corrected chi connectivity index (χ0v) is 12.8. The first kappa shape index (κ1) is 14.0. The maximum Gasteiger partial charge on any atom is 0.162 e. The number of allylic oxidation sites excluding steroid dienone is 1. The summed E-state index contributed by atoms with van der Waals surface area (Å²) in [6, 6.07) is 0. The molecule has 0 radical (unpaired) electrons. The number of methoxy groups -OCH3 is 1. The molecule has 2 bridgehead atoms. The molecule has 2 heterocycles. The van der Waals surface area contributed by atoms with Gasteiger partial charge in [0.15, 0.2) is 5.78 Å². The molecule has 6 heteroatoms. The quantitative estimate of drug-likeness (QED) is 0.462. The molecule has 1 N–H and O–H groups in total. The second kappa shape index (κ2) is 5.28. The van der Waals surface area contributed by atoms with E-state index in [1.54, 1.807) is 6.08 Å². The van der Waals surface area contributed by atoms with Crippen LogP contribution in [0.1, 0.15) is 6.42 Å². The molecule has 2 aliphatic heterocycles. The Hall–Kier alpha value is -0.430. The second-order valence-corrected chi connectivity index (χ2v) is 5.78. The summed E-state index contributed by atoms with van der Waals surface area (Å²) < 4.78 is 11.5. The smallest absolute Gasteiger partial charge is 0.162 e. The van der Waals surface area contributed by atoms with Crippen LogP contribution in [0.3, 0.4) is 0 Å². The minimum absolute atomic E-state index is 0.0791. The molecule has 0 fully saturated rings. The van der Waals surface area contributed by atoms with Crippen molar-refractivity contribution in [2.75, 3.05) is 7.11 Å². The molecule has 0 saturated heterocycles. The Morgan fingerprint density at radius 2 is 2.33 bits per heavy atom. The lowest BCUT2D eigenvalue weighted by Gasteiger charge is -2.37. The van der Waals surface area contributed by atoms with E-state index in [1.165, 1.54) is 19.4 Å². The van der Waals surface area contributed by atoms with Crippen molar-refractivity contribution in [2.45, 2.75) is 24.2 Å². The summed E-state index contributed by atoms with van der Waals surface area (Å²) >= 11 is 6.72. The largest absolute Gasteiger partial charge is 0.504 e.